The van der Waals surface area contributed by atoms with Gasteiger partial charge >= 0.3 is 0 Å². The summed E-state index contributed by atoms with van der Waals surface area (Å²) in [5.74, 6) is 2.26. The summed E-state index contributed by atoms with van der Waals surface area (Å²) in [7, 11) is 0. The molecular formula is C15H20N2S. The van der Waals surface area contributed by atoms with Crippen molar-refractivity contribution in [1.82, 2.24) is 4.98 Å². The number of thioether (sulfide) groups is 1. The van der Waals surface area contributed by atoms with E-state index < -0.39 is 0 Å². The number of aromatic nitrogens is 1. The summed E-state index contributed by atoms with van der Waals surface area (Å²) in [6, 6.07) is 12.4. The summed E-state index contributed by atoms with van der Waals surface area (Å²) in [5.41, 5.74) is 1.06. The number of fused-ring (bicyclic) bond motifs is 1. The van der Waals surface area contributed by atoms with Gasteiger partial charge in [-0.15, -0.1) is 0 Å². The van der Waals surface area contributed by atoms with Crippen LogP contribution in [-0.4, -0.2) is 23.5 Å². The van der Waals surface area contributed by atoms with Crippen molar-refractivity contribution >= 4 is 28.5 Å². The van der Waals surface area contributed by atoms with Crippen LogP contribution in [0.25, 0.3) is 10.9 Å². The van der Waals surface area contributed by atoms with Gasteiger partial charge in [-0.1, -0.05) is 24.6 Å². The van der Waals surface area contributed by atoms with Crippen LogP contribution in [0, 0.1) is 0 Å². The maximum atomic E-state index is 4.59. The molecule has 0 saturated carbocycles. The maximum Gasteiger partial charge on any atom is 0.126 e. The smallest absolute Gasteiger partial charge is 0.126 e. The summed E-state index contributed by atoms with van der Waals surface area (Å²) in [5, 5.41) is 4.59. The van der Waals surface area contributed by atoms with Crippen molar-refractivity contribution in [3.63, 3.8) is 0 Å². The van der Waals surface area contributed by atoms with Gasteiger partial charge in [0.25, 0.3) is 0 Å². The zero-order valence-electron chi connectivity index (χ0n) is 10.9. The standard InChI is InChI=1S/C15H20N2S/c1-18-12-6-2-5-11-16-15-10-9-13-7-3-4-8-14(13)17-15/h3-4,7-10H,2,5-6,11-12H2,1H3,(H,16,17). The molecule has 0 unspecified atom stereocenters. The van der Waals surface area contributed by atoms with Crippen LogP contribution in [0.3, 0.4) is 0 Å². The van der Waals surface area contributed by atoms with Crippen LogP contribution in [0.2, 0.25) is 0 Å². The fraction of sp³-hybridized carbons (Fsp3) is 0.400. The van der Waals surface area contributed by atoms with E-state index in [0.29, 0.717) is 0 Å². The second kappa shape index (κ2) is 7.27. The minimum Gasteiger partial charge on any atom is -0.370 e. The molecule has 2 aromatic rings. The molecule has 3 heteroatoms. The molecule has 1 N–H and O–H groups in total. The Morgan fingerprint density at radius 1 is 1.06 bits per heavy atom. The van der Waals surface area contributed by atoms with Crippen molar-refractivity contribution in [2.45, 2.75) is 19.3 Å². The molecule has 1 heterocycles. The average Bonchev–Trinajstić information content (AvgIpc) is 2.42. The average molecular weight is 260 g/mol. The Morgan fingerprint density at radius 3 is 2.83 bits per heavy atom. The van der Waals surface area contributed by atoms with Gasteiger partial charge in [-0.05, 0) is 43.0 Å². The van der Waals surface area contributed by atoms with Crippen LogP contribution in [0.15, 0.2) is 36.4 Å². The van der Waals surface area contributed by atoms with E-state index in [-0.39, 0.29) is 0 Å². The third-order valence-electron chi connectivity index (χ3n) is 2.93. The van der Waals surface area contributed by atoms with Gasteiger partial charge in [-0.25, -0.2) is 4.98 Å². The molecular weight excluding hydrogens is 240 g/mol. The predicted octanol–water partition coefficient (Wildman–Crippen LogP) is 4.18. The summed E-state index contributed by atoms with van der Waals surface area (Å²) < 4.78 is 0. The molecule has 0 aliphatic heterocycles. The summed E-state index contributed by atoms with van der Waals surface area (Å²) >= 11 is 1.92. The lowest BCUT2D eigenvalue weighted by atomic mass is 10.2. The molecule has 0 atom stereocenters. The monoisotopic (exact) mass is 260 g/mol. The Balaban J connectivity index is 1.81. The van der Waals surface area contributed by atoms with E-state index in [2.05, 4.69) is 40.8 Å². The first kappa shape index (κ1) is 13.2. The van der Waals surface area contributed by atoms with Crippen LogP contribution < -0.4 is 5.32 Å². The van der Waals surface area contributed by atoms with Gasteiger partial charge < -0.3 is 5.32 Å². The molecule has 0 amide bonds. The van der Waals surface area contributed by atoms with Gasteiger partial charge in [0.15, 0.2) is 0 Å². The van der Waals surface area contributed by atoms with E-state index in [4.69, 9.17) is 0 Å². The van der Waals surface area contributed by atoms with Crippen molar-refractivity contribution in [2.75, 3.05) is 23.9 Å². The molecule has 0 saturated heterocycles. The van der Waals surface area contributed by atoms with E-state index in [9.17, 15) is 0 Å². The van der Waals surface area contributed by atoms with Crippen LogP contribution in [0.1, 0.15) is 19.3 Å². The fourth-order valence-electron chi connectivity index (χ4n) is 1.93. The minimum absolute atomic E-state index is 0.985. The minimum atomic E-state index is 0.985. The normalized spacial score (nSPS) is 10.7. The molecule has 0 bridgehead atoms. The Kier molecular flexibility index (Phi) is 5.34. The van der Waals surface area contributed by atoms with Gasteiger partial charge in [-0.2, -0.15) is 11.8 Å². The maximum absolute atomic E-state index is 4.59. The van der Waals surface area contributed by atoms with Crippen molar-refractivity contribution in [1.29, 1.82) is 0 Å². The number of rotatable bonds is 7. The van der Waals surface area contributed by atoms with E-state index in [0.717, 1.165) is 17.9 Å². The Labute approximate surface area is 113 Å². The number of pyridine rings is 1. The lowest BCUT2D eigenvalue weighted by molar-refractivity contribution is 0.748. The zero-order valence-corrected chi connectivity index (χ0v) is 11.7. The molecule has 96 valence electrons. The number of anilines is 1. The first-order valence-electron chi connectivity index (χ1n) is 6.49. The lowest BCUT2D eigenvalue weighted by Gasteiger charge is -2.06. The van der Waals surface area contributed by atoms with Crippen LogP contribution in [-0.2, 0) is 0 Å². The fourth-order valence-corrected chi connectivity index (χ4v) is 2.42. The molecule has 2 rings (SSSR count). The van der Waals surface area contributed by atoms with Crippen LogP contribution in [0.5, 0.6) is 0 Å². The lowest BCUT2D eigenvalue weighted by Crippen LogP contribution is -2.03. The highest BCUT2D eigenvalue weighted by Gasteiger charge is 1.96. The van der Waals surface area contributed by atoms with Crippen LogP contribution >= 0.6 is 11.8 Å². The first-order chi connectivity index (χ1) is 8.90. The number of hydrogen-bond donors (Lipinski definition) is 1. The predicted molar refractivity (Wildman–Crippen MR) is 82.5 cm³/mol. The third kappa shape index (κ3) is 3.91. The SMILES string of the molecule is CSCCCCCNc1ccc2ccccc2n1. The number of benzene rings is 1. The molecule has 0 aliphatic carbocycles. The number of unbranched alkanes of at least 4 members (excludes halogenated alkanes) is 2. The molecule has 0 spiro atoms. The quantitative estimate of drug-likeness (QED) is 0.756. The van der Waals surface area contributed by atoms with E-state index in [1.165, 1.54) is 30.4 Å². The van der Waals surface area contributed by atoms with E-state index in [1.807, 2.05) is 23.9 Å². The number of nitrogens with zero attached hydrogens (tertiary/aromatic N) is 1. The van der Waals surface area contributed by atoms with Crippen molar-refractivity contribution in [3.8, 4) is 0 Å². The largest absolute Gasteiger partial charge is 0.370 e. The molecule has 0 radical (unpaired) electrons. The van der Waals surface area contributed by atoms with E-state index in [1.54, 1.807) is 0 Å². The highest BCUT2D eigenvalue weighted by atomic mass is 32.2. The summed E-state index contributed by atoms with van der Waals surface area (Å²) in [6.45, 7) is 1.01. The molecule has 2 nitrogen and oxygen atoms in total. The van der Waals surface area contributed by atoms with Crippen molar-refractivity contribution in [2.24, 2.45) is 0 Å². The highest BCUT2D eigenvalue weighted by molar-refractivity contribution is 7.98. The first-order valence-corrected chi connectivity index (χ1v) is 7.88. The van der Waals surface area contributed by atoms with Gasteiger partial charge in [0.1, 0.15) is 5.82 Å². The molecule has 1 aromatic carbocycles. The molecule has 1 aromatic heterocycles. The Morgan fingerprint density at radius 2 is 1.94 bits per heavy atom. The topological polar surface area (TPSA) is 24.9 Å². The Hall–Kier alpha value is -1.22. The second-order valence-electron chi connectivity index (χ2n) is 4.37. The number of para-hydroxylation sites is 1. The number of hydrogen-bond acceptors (Lipinski definition) is 3. The van der Waals surface area contributed by atoms with Crippen LogP contribution in [0.4, 0.5) is 5.82 Å². The van der Waals surface area contributed by atoms with Crippen molar-refractivity contribution in [3.05, 3.63) is 36.4 Å². The zero-order chi connectivity index (χ0) is 12.6. The van der Waals surface area contributed by atoms with Gasteiger partial charge in [0.05, 0.1) is 5.52 Å². The molecule has 0 aliphatic rings. The van der Waals surface area contributed by atoms with Gasteiger partial charge in [0, 0.05) is 11.9 Å². The third-order valence-corrected chi connectivity index (χ3v) is 3.63. The Bertz CT molecular complexity index is 485. The molecule has 0 fully saturated rings. The summed E-state index contributed by atoms with van der Waals surface area (Å²) in [4.78, 5) is 4.59. The van der Waals surface area contributed by atoms with Gasteiger partial charge in [0.2, 0.25) is 0 Å². The van der Waals surface area contributed by atoms with Gasteiger partial charge in [-0.3, -0.25) is 0 Å². The summed E-state index contributed by atoms with van der Waals surface area (Å²) in [6.07, 6.45) is 5.99. The molecule has 18 heavy (non-hydrogen) atoms. The van der Waals surface area contributed by atoms with Crippen molar-refractivity contribution < 1.29 is 0 Å². The highest BCUT2D eigenvalue weighted by Crippen LogP contribution is 2.14. The second-order valence-corrected chi connectivity index (χ2v) is 5.36. The number of nitrogens with one attached hydrogen (secondary N) is 1. The van der Waals surface area contributed by atoms with E-state index >= 15 is 0 Å².